The van der Waals surface area contributed by atoms with Gasteiger partial charge in [0.25, 0.3) is 5.91 Å². The Balaban J connectivity index is 1.56. The number of ether oxygens (including phenoxy) is 3. The van der Waals surface area contributed by atoms with E-state index in [1.54, 1.807) is 48.7 Å². The van der Waals surface area contributed by atoms with Crippen LogP contribution in [0.4, 0.5) is 5.69 Å². The second-order valence-corrected chi connectivity index (χ2v) is 5.29. The molecule has 0 saturated heterocycles. The molecule has 1 aliphatic heterocycles. The van der Waals surface area contributed by atoms with Crippen LogP contribution in [0, 0.1) is 0 Å². The molecule has 0 unspecified atom stereocenters. The van der Waals surface area contributed by atoms with Gasteiger partial charge in [-0.25, -0.2) is 4.98 Å². The van der Waals surface area contributed by atoms with Crippen molar-refractivity contribution < 1.29 is 19.0 Å². The summed E-state index contributed by atoms with van der Waals surface area (Å²) < 4.78 is 16.3. The Kier molecular flexibility index (Phi) is 3.92. The molecular weight excluding hydrogens is 320 g/mol. The van der Waals surface area contributed by atoms with Crippen molar-refractivity contribution in [2.45, 2.75) is 0 Å². The van der Waals surface area contributed by atoms with Gasteiger partial charge in [-0.2, -0.15) is 0 Å². The van der Waals surface area contributed by atoms with Crippen molar-refractivity contribution in [3.8, 4) is 23.1 Å². The number of aromatic nitrogens is 1. The molecule has 2 heterocycles. The van der Waals surface area contributed by atoms with Gasteiger partial charge < -0.3 is 19.5 Å². The topological polar surface area (TPSA) is 69.7 Å². The van der Waals surface area contributed by atoms with E-state index in [1.807, 2.05) is 18.2 Å². The van der Waals surface area contributed by atoms with Gasteiger partial charge in [0.1, 0.15) is 11.3 Å². The summed E-state index contributed by atoms with van der Waals surface area (Å²) in [6.45, 7) is 0.185. The van der Waals surface area contributed by atoms with Gasteiger partial charge in [-0.1, -0.05) is 18.2 Å². The molecule has 1 N–H and O–H groups in total. The zero-order chi connectivity index (χ0) is 17.1. The number of carbonyl (C=O) groups excluding carboxylic acids is 1. The predicted octanol–water partition coefficient (Wildman–Crippen LogP) is 3.85. The Labute approximate surface area is 144 Å². The van der Waals surface area contributed by atoms with E-state index in [4.69, 9.17) is 14.2 Å². The summed E-state index contributed by atoms with van der Waals surface area (Å²) >= 11 is 0. The smallest absolute Gasteiger partial charge is 0.261 e. The third kappa shape index (κ3) is 3.23. The van der Waals surface area contributed by atoms with E-state index < -0.39 is 0 Å². The highest BCUT2D eigenvalue weighted by molar-refractivity contribution is 6.06. The summed E-state index contributed by atoms with van der Waals surface area (Å²) in [5.41, 5.74) is 0.938. The lowest BCUT2D eigenvalue weighted by molar-refractivity contribution is 0.102. The zero-order valence-corrected chi connectivity index (χ0v) is 13.1. The number of pyridine rings is 1. The number of nitrogens with zero attached hydrogens (tertiary/aromatic N) is 1. The van der Waals surface area contributed by atoms with Crippen LogP contribution in [0.2, 0.25) is 0 Å². The number of carbonyl (C=O) groups is 1. The molecule has 1 aromatic heterocycles. The largest absolute Gasteiger partial charge is 0.454 e. The fourth-order valence-corrected chi connectivity index (χ4v) is 2.42. The highest BCUT2D eigenvalue weighted by Gasteiger charge is 2.17. The van der Waals surface area contributed by atoms with Gasteiger partial charge in [0.15, 0.2) is 11.5 Å². The van der Waals surface area contributed by atoms with Crippen LogP contribution >= 0.6 is 0 Å². The molecule has 3 aromatic rings. The average molecular weight is 334 g/mol. The maximum Gasteiger partial charge on any atom is 0.261 e. The maximum absolute atomic E-state index is 12.6. The minimum Gasteiger partial charge on any atom is -0.454 e. The number of benzene rings is 2. The molecule has 124 valence electrons. The van der Waals surface area contributed by atoms with Gasteiger partial charge >= 0.3 is 0 Å². The standard InChI is InChI=1S/C19H14N2O4/c22-18(21-13-8-9-16-17(11-13)24-12-23-16)15-7-4-10-20-19(15)25-14-5-2-1-3-6-14/h1-11H,12H2,(H,21,22). The van der Waals surface area contributed by atoms with Gasteiger partial charge in [0, 0.05) is 18.0 Å². The van der Waals surface area contributed by atoms with Crippen molar-refractivity contribution in [3.05, 3.63) is 72.4 Å². The van der Waals surface area contributed by atoms with E-state index >= 15 is 0 Å². The highest BCUT2D eigenvalue weighted by atomic mass is 16.7. The van der Waals surface area contributed by atoms with Crippen molar-refractivity contribution in [1.29, 1.82) is 0 Å². The van der Waals surface area contributed by atoms with Crippen LogP contribution in [0.15, 0.2) is 66.9 Å². The molecule has 1 aliphatic rings. The number of fused-ring (bicyclic) bond motifs is 1. The van der Waals surface area contributed by atoms with Crippen molar-refractivity contribution >= 4 is 11.6 Å². The second kappa shape index (κ2) is 6.52. The predicted molar refractivity (Wildman–Crippen MR) is 91.3 cm³/mol. The number of hydrogen-bond donors (Lipinski definition) is 1. The first-order chi connectivity index (χ1) is 12.3. The Bertz CT molecular complexity index is 912. The average Bonchev–Trinajstić information content (AvgIpc) is 3.11. The lowest BCUT2D eigenvalue weighted by Crippen LogP contribution is -2.13. The fourth-order valence-electron chi connectivity index (χ4n) is 2.42. The first-order valence-electron chi connectivity index (χ1n) is 7.68. The summed E-state index contributed by atoms with van der Waals surface area (Å²) in [6.07, 6.45) is 1.58. The molecule has 25 heavy (non-hydrogen) atoms. The molecule has 6 nitrogen and oxygen atoms in total. The van der Waals surface area contributed by atoms with Crippen LogP contribution < -0.4 is 19.5 Å². The first-order valence-corrected chi connectivity index (χ1v) is 7.68. The van der Waals surface area contributed by atoms with Crippen molar-refractivity contribution in [2.24, 2.45) is 0 Å². The Morgan fingerprint density at radius 1 is 1.00 bits per heavy atom. The number of rotatable bonds is 4. The quantitative estimate of drug-likeness (QED) is 0.785. The van der Waals surface area contributed by atoms with Crippen LogP contribution in [0.3, 0.4) is 0 Å². The van der Waals surface area contributed by atoms with E-state index in [-0.39, 0.29) is 18.6 Å². The van der Waals surface area contributed by atoms with Gasteiger partial charge in [0.2, 0.25) is 12.7 Å². The third-order valence-electron chi connectivity index (χ3n) is 3.60. The first kappa shape index (κ1) is 15.0. The molecule has 0 atom stereocenters. The highest BCUT2D eigenvalue weighted by Crippen LogP contribution is 2.34. The van der Waals surface area contributed by atoms with Crippen LogP contribution in [0.5, 0.6) is 23.1 Å². The molecule has 0 fully saturated rings. The van der Waals surface area contributed by atoms with Crippen molar-refractivity contribution in [2.75, 3.05) is 12.1 Å². The molecule has 6 heteroatoms. The van der Waals surface area contributed by atoms with E-state index in [0.717, 1.165) is 0 Å². The number of para-hydroxylation sites is 1. The lowest BCUT2D eigenvalue weighted by atomic mass is 10.2. The summed E-state index contributed by atoms with van der Waals surface area (Å²) in [6, 6.07) is 17.8. The monoisotopic (exact) mass is 334 g/mol. The molecule has 0 saturated carbocycles. The van der Waals surface area contributed by atoms with Gasteiger partial charge in [-0.05, 0) is 36.4 Å². The Morgan fingerprint density at radius 3 is 2.72 bits per heavy atom. The Morgan fingerprint density at radius 2 is 1.84 bits per heavy atom. The minimum absolute atomic E-state index is 0.185. The van der Waals surface area contributed by atoms with Gasteiger partial charge in [-0.15, -0.1) is 0 Å². The molecule has 0 bridgehead atoms. The van der Waals surface area contributed by atoms with Crippen molar-refractivity contribution in [3.63, 3.8) is 0 Å². The van der Waals surface area contributed by atoms with Crippen LogP contribution in [0.25, 0.3) is 0 Å². The van der Waals surface area contributed by atoms with Gasteiger partial charge in [0.05, 0.1) is 0 Å². The lowest BCUT2D eigenvalue weighted by Gasteiger charge is -2.10. The Hall–Kier alpha value is -3.54. The second-order valence-electron chi connectivity index (χ2n) is 5.29. The molecule has 0 radical (unpaired) electrons. The number of amides is 1. The number of anilines is 1. The number of hydrogen-bond acceptors (Lipinski definition) is 5. The fraction of sp³-hybridized carbons (Fsp3) is 0.0526. The van der Waals surface area contributed by atoms with E-state index in [0.29, 0.717) is 28.5 Å². The summed E-state index contributed by atoms with van der Waals surface area (Å²) in [4.78, 5) is 16.8. The van der Waals surface area contributed by atoms with E-state index in [1.165, 1.54) is 0 Å². The van der Waals surface area contributed by atoms with E-state index in [9.17, 15) is 4.79 Å². The minimum atomic E-state index is -0.321. The van der Waals surface area contributed by atoms with Crippen LogP contribution in [-0.2, 0) is 0 Å². The van der Waals surface area contributed by atoms with Crippen molar-refractivity contribution in [1.82, 2.24) is 4.98 Å². The van der Waals surface area contributed by atoms with Crippen LogP contribution in [0.1, 0.15) is 10.4 Å². The van der Waals surface area contributed by atoms with Gasteiger partial charge in [-0.3, -0.25) is 4.79 Å². The van der Waals surface area contributed by atoms with Crippen LogP contribution in [-0.4, -0.2) is 17.7 Å². The normalized spacial score (nSPS) is 11.8. The number of nitrogens with one attached hydrogen (secondary N) is 1. The summed E-state index contributed by atoms with van der Waals surface area (Å²) in [5, 5.41) is 2.82. The molecule has 0 aliphatic carbocycles. The molecule has 2 aromatic carbocycles. The molecular formula is C19H14N2O4. The summed E-state index contributed by atoms with van der Waals surface area (Å²) in [5.74, 6) is 1.79. The summed E-state index contributed by atoms with van der Waals surface area (Å²) in [7, 11) is 0. The SMILES string of the molecule is O=C(Nc1ccc2c(c1)OCO2)c1cccnc1Oc1ccccc1. The maximum atomic E-state index is 12.6. The molecule has 4 rings (SSSR count). The molecule has 0 spiro atoms. The third-order valence-corrected chi connectivity index (χ3v) is 3.60. The molecule has 1 amide bonds. The zero-order valence-electron chi connectivity index (χ0n) is 13.1. The van der Waals surface area contributed by atoms with E-state index in [2.05, 4.69) is 10.3 Å².